The second-order valence-electron chi connectivity index (χ2n) is 4.96. The summed E-state index contributed by atoms with van der Waals surface area (Å²) in [6.45, 7) is 6.96. The Morgan fingerprint density at radius 1 is 1.44 bits per heavy atom. The van der Waals surface area contributed by atoms with E-state index in [1.54, 1.807) is 6.92 Å². The average Bonchev–Trinajstić information content (AvgIpc) is 2.32. The van der Waals surface area contributed by atoms with Crippen LogP contribution in [0.2, 0.25) is 0 Å². The van der Waals surface area contributed by atoms with Crippen LogP contribution in [-0.2, 0) is 15.6 Å². The fourth-order valence-corrected chi connectivity index (χ4v) is 3.34. The zero-order valence-corrected chi connectivity index (χ0v) is 12.1. The summed E-state index contributed by atoms with van der Waals surface area (Å²) in [5.74, 6) is 0.719. The number of carboxylic acid groups (broad SMARTS) is 1. The van der Waals surface area contributed by atoms with Crippen LogP contribution in [0.5, 0.6) is 0 Å². The number of rotatable bonds is 7. The summed E-state index contributed by atoms with van der Waals surface area (Å²) in [5.41, 5.74) is -0.826. The van der Waals surface area contributed by atoms with Gasteiger partial charge in [-0.1, -0.05) is 6.92 Å². The predicted molar refractivity (Wildman–Crippen MR) is 73.3 cm³/mol. The van der Waals surface area contributed by atoms with Gasteiger partial charge in [-0.15, -0.1) is 0 Å². The molecule has 1 unspecified atom stereocenters. The molecule has 0 aromatic rings. The van der Waals surface area contributed by atoms with E-state index in [1.165, 1.54) is 0 Å². The van der Waals surface area contributed by atoms with E-state index in [0.717, 1.165) is 37.6 Å². The quantitative estimate of drug-likeness (QED) is 0.699. The monoisotopic (exact) mass is 276 g/mol. The van der Waals surface area contributed by atoms with E-state index in [-0.39, 0.29) is 0 Å². The molecule has 1 rings (SSSR count). The Balaban J connectivity index is 2.30. The Hall–Kier alpha value is -0.460. The molecule has 1 fully saturated rings. The minimum atomic E-state index is -0.826. The largest absolute Gasteiger partial charge is 0.480 e. The van der Waals surface area contributed by atoms with Crippen LogP contribution in [0.4, 0.5) is 0 Å². The van der Waals surface area contributed by atoms with E-state index < -0.39 is 22.3 Å². The Bertz CT molecular complexity index is 302. The summed E-state index contributed by atoms with van der Waals surface area (Å²) in [6, 6.07) is 0. The molecule has 1 aliphatic heterocycles. The number of carbonyl (C=O) groups is 1. The number of aliphatic carboxylic acids is 1. The average molecular weight is 276 g/mol. The number of hydrogen-bond acceptors (Lipinski definition) is 4. The van der Waals surface area contributed by atoms with Crippen molar-refractivity contribution in [2.24, 2.45) is 0 Å². The Morgan fingerprint density at radius 2 is 2.06 bits per heavy atom. The second kappa shape index (κ2) is 7.21. The number of hydrogen-bond donors (Lipinski definition) is 2. The summed E-state index contributed by atoms with van der Waals surface area (Å²) in [4.78, 5) is 13.5. The standard InChI is InChI=1S/C12H24N2O3S/c1-3-13-12(2,11(15)16)5-4-6-14-7-9-18(17)10-8-14/h13H,3-10H2,1-2H3,(H,15,16). The molecule has 0 aromatic carbocycles. The molecule has 1 heterocycles. The topological polar surface area (TPSA) is 69.6 Å². The summed E-state index contributed by atoms with van der Waals surface area (Å²) >= 11 is 0. The minimum absolute atomic E-state index is 0.621. The van der Waals surface area contributed by atoms with Gasteiger partial charge in [0.25, 0.3) is 0 Å². The zero-order valence-electron chi connectivity index (χ0n) is 11.3. The van der Waals surface area contributed by atoms with Crippen molar-refractivity contribution in [1.82, 2.24) is 10.2 Å². The molecular formula is C12H24N2O3S. The Morgan fingerprint density at radius 3 is 2.56 bits per heavy atom. The normalized spacial score (nSPS) is 21.7. The van der Waals surface area contributed by atoms with Gasteiger partial charge in [0.15, 0.2) is 0 Å². The maximum absolute atomic E-state index is 11.2. The molecule has 0 spiro atoms. The predicted octanol–water partition coefficient (Wildman–Crippen LogP) is 0.284. The van der Waals surface area contributed by atoms with Gasteiger partial charge in [-0.3, -0.25) is 9.00 Å². The van der Waals surface area contributed by atoms with E-state index >= 15 is 0 Å². The second-order valence-corrected chi connectivity index (χ2v) is 6.66. The van der Waals surface area contributed by atoms with Crippen LogP contribution in [0.3, 0.4) is 0 Å². The lowest BCUT2D eigenvalue weighted by Gasteiger charge is -2.29. The van der Waals surface area contributed by atoms with E-state index in [4.69, 9.17) is 0 Å². The first-order valence-corrected chi connectivity index (χ1v) is 8.02. The number of carboxylic acids is 1. The van der Waals surface area contributed by atoms with E-state index in [1.807, 2.05) is 6.92 Å². The van der Waals surface area contributed by atoms with Crippen molar-refractivity contribution in [1.29, 1.82) is 0 Å². The van der Waals surface area contributed by atoms with Gasteiger partial charge in [0, 0.05) is 35.4 Å². The third-order valence-electron chi connectivity index (χ3n) is 3.46. The molecule has 1 atom stereocenters. The molecule has 5 nitrogen and oxygen atoms in total. The molecule has 1 saturated heterocycles. The SMILES string of the molecule is CCNC(C)(CCCN1CCS(=O)CC1)C(=O)O. The smallest absolute Gasteiger partial charge is 0.323 e. The van der Waals surface area contributed by atoms with Crippen LogP contribution in [0.1, 0.15) is 26.7 Å². The molecule has 0 aromatic heterocycles. The van der Waals surface area contributed by atoms with Gasteiger partial charge in [-0.2, -0.15) is 0 Å². The minimum Gasteiger partial charge on any atom is -0.480 e. The lowest BCUT2D eigenvalue weighted by molar-refractivity contribution is -0.144. The highest BCUT2D eigenvalue weighted by molar-refractivity contribution is 7.85. The number of likely N-dealkylation sites (N-methyl/N-ethyl adjacent to an activating group) is 1. The van der Waals surface area contributed by atoms with Gasteiger partial charge in [0.1, 0.15) is 5.54 Å². The maximum Gasteiger partial charge on any atom is 0.323 e. The molecular weight excluding hydrogens is 252 g/mol. The van der Waals surface area contributed by atoms with Gasteiger partial charge in [0.05, 0.1) is 0 Å². The van der Waals surface area contributed by atoms with E-state index in [9.17, 15) is 14.1 Å². The van der Waals surface area contributed by atoms with Crippen LogP contribution >= 0.6 is 0 Å². The van der Waals surface area contributed by atoms with Gasteiger partial charge < -0.3 is 15.3 Å². The van der Waals surface area contributed by atoms with Crippen LogP contribution < -0.4 is 5.32 Å². The molecule has 0 saturated carbocycles. The molecule has 106 valence electrons. The maximum atomic E-state index is 11.2. The van der Waals surface area contributed by atoms with E-state index in [0.29, 0.717) is 13.0 Å². The molecule has 2 N–H and O–H groups in total. The summed E-state index contributed by atoms with van der Waals surface area (Å²) in [6.07, 6.45) is 1.47. The van der Waals surface area contributed by atoms with Gasteiger partial charge in [-0.25, -0.2) is 0 Å². The van der Waals surface area contributed by atoms with Crippen molar-refractivity contribution >= 4 is 16.8 Å². The lowest BCUT2D eigenvalue weighted by Crippen LogP contribution is -2.50. The van der Waals surface area contributed by atoms with Crippen molar-refractivity contribution in [3.05, 3.63) is 0 Å². The van der Waals surface area contributed by atoms with Crippen LogP contribution in [0.15, 0.2) is 0 Å². The van der Waals surface area contributed by atoms with Gasteiger partial charge in [-0.05, 0) is 32.9 Å². The van der Waals surface area contributed by atoms with Crippen molar-refractivity contribution in [3.63, 3.8) is 0 Å². The highest BCUT2D eigenvalue weighted by atomic mass is 32.2. The van der Waals surface area contributed by atoms with Gasteiger partial charge in [0.2, 0.25) is 0 Å². The summed E-state index contributed by atoms with van der Waals surface area (Å²) in [7, 11) is -0.642. The lowest BCUT2D eigenvalue weighted by atomic mass is 9.95. The highest BCUT2D eigenvalue weighted by Crippen LogP contribution is 2.14. The molecule has 0 aliphatic carbocycles. The Labute approximate surface area is 111 Å². The van der Waals surface area contributed by atoms with Crippen molar-refractivity contribution in [2.75, 3.05) is 37.7 Å². The van der Waals surface area contributed by atoms with Crippen molar-refractivity contribution < 1.29 is 14.1 Å². The third kappa shape index (κ3) is 4.66. The highest BCUT2D eigenvalue weighted by Gasteiger charge is 2.31. The molecule has 18 heavy (non-hydrogen) atoms. The zero-order chi connectivity index (χ0) is 13.6. The summed E-state index contributed by atoms with van der Waals surface area (Å²) in [5, 5.41) is 12.3. The first-order valence-electron chi connectivity index (χ1n) is 6.53. The van der Waals surface area contributed by atoms with Crippen LogP contribution in [0.25, 0.3) is 0 Å². The van der Waals surface area contributed by atoms with Crippen molar-refractivity contribution in [3.8, 4) is 0 Å². The molecule has 0 radical (unpaired) electrons. The molecule has 0 amide bonds. The summed E-state index contributed by atoms with van der Waals surface area (Å²) < 4.78 is 11.2. The van der Waals surface area contributed by atoms with E-state index in [2.05, 4.69) is 10.2 Å². The van der Waals surface area contributed by atoms with Crippen LogP contribution in [0, 0.1) is 0 Å². The third-order valence-corrected chi connectivity index (χ3v) is 4.74. The van der Waals surface area contributed by atoms with Crippen molar-refractivity contribution in [2.45, 2.75) is 32.2 Å². The fraction of sp³-hybridized carbons (Fsp3) is 0.917. The molecule has 0 bridgehead atoms. The number of nitrogens with zero attached hydrogens (tertiary/aromatic N) is 1. The molecule has 1 aliphatic rings. The molecule has 6 heteroatoms. The fourth-order valence-electron chi connectivity index (χ4n) is 2.22. The first-order chi connectivity index (χ1) is 8.48. The number of nitrogens with one attached hydrogen (secondary N) is 1. The Kier molecular flexibility index (Phi) is 6.25. The van der Waals surface area contributed by atoms with Gasteiger partial charge >= 0.3 is 5.97 Å². The van der Waals surface area contributed by atoms with Crippen LogP contribution in [-0.4, -0.2) is 63.4 Å². The first kappa shape index (κ1) is 15.6.